The number of methoxy groups -OCH3 is 1. The van der Waals surface area contributed by atoms with E-state index in [-0.39, 0.29) is 36.4 Å². The van der Waals surface area contributed by atoms with Crippen LogP contribution in [-0.2, 0) is 11.2 Å². The quantitative estimate of drug-likeness (QED) is 0.422. The maximum atomic E-state index is 14.5. The van der Waals surface area contributed by atoms with Crippen LogP contribution in [-0.4, -0.2) is 48.4 Å². The van der Waals surface area contributed by atoms with Gasteiger partial charge in [0, 0.05) is 11.1 Å². The summed E-state index contributed by atoms with van der Waals surface area (Å²) in [5, 5.41) is 19.4. The van der Waals surface area contributed by atoms with E-state index in [1.165, 1.54) is 30.3 Å². The Labute approximate surface area is 215 Å². The summed E-state index contributed by atoms with van der Waals surface area (Å²) < 4.78 is 60.3. The fraction of sp³-hybridized carbons (Fsp3) is 0.296. The lowest BCUT2D eigenvalue weighted by atomic mass is 9.99. The van der Waals surface area contributed by atoms with Crippen molar-refractivity contribution in [3.05, 3.63) is 77.6 Å². The van der Waals surface area contributed by atoms with Gasteiger partial charge in [0.15, 0.2) is 0 Å². The first kappa shape index (κ1) is 25.5. The normalized spacial score (nSPS) is 19.4. The van der Waals surface area contributed by atoms with Crippen LogP contribution in [0, 0.1) is 5.82 Å². The molecule has 0 fully saturated rings. The average Bonchev–Trinajstić information content (AvgIpc) is 3.33. The van der Waals surface area contributed by atoms with Gasteiger partial charge in [-0.05, 0) is 54.3 Å². The molecule has 0 saturated heterocycles. The van der Waals surface area contributed by atoms with E-state index >= 15 is 0 Å². The van der Waals surface area contributed by atoms with Crippen LogP contribution in [0.25, 0.3) is 11.1 Å². The Kier molecular flexibility index (Phi) is 6.68. The van der Waals surface area contributed by atoms with E-state index < -0.39 is 36.5 Å². The summed E-state index contributed by atoms with van der Waals surface area (Å²) in [5.74, 6) is -0.741. The zero-order valence-corrected chi connectivity index (χ0v) is 20.3. The molecule has 0 saturated carbocycles. The molecule has 2 unspecified atom stereocenters. The van der Waals surface area contributed by atoms with Crippen molar-refractivity contribution in [1.29, 1.82) is 0 Å². The molecular formula is C27H24F4N4O3. The van der Waals surface area contributed by atoms with E-state index in [2.05, 4.69) is 10.3 Å². The van der Waals surface area contributed by atoms with Crippen molar-refractivity contribution in [3.8, 4) is 22.6 Å². The molecule has 2 aliphatic heterocycles. The highest BCUT2D eigenvalue weighted by molar-refractivity contribution is 5.98. The van der Waals surface area contributed by atoms with Crippen LogP contribution in [0.4, 0.5) is 23.2 Å². The molecule has 3 aromatic carbocycles. The smallest absolute Gasteiger partial charge is 0.406 e. The molecule has 2 heterocycles. The molecule has 38 heavy (non-hydrogen) atoms. The van der Waals surface area contributed by atoms with Gasteiger partial charge in [-0.2, -0.15) is 18.3 Å². The number of anilines is 1. The Balaban J connectivity index is 1.38. The minimum Gasteiger partial charge on any atom is -0.508 e. The number of fused-ring (bicyclic) bond motifs is 1. The lowest BCUT2D eigenvalue weighted by Crippen LogP contribution is -2.49. The Bertz CT molecular complexity index is 1380. The molecule has 2 atom stereocenters. The monoisotopic (exact) mass is 528 g/mol. The first-order valence-electron chi connectivity index (χ1n) is 11.9. The van der Waals surface area contributed by atoms with Gasteiger partial charge in [-0.15, -0.1) is 0 Å². The summed E-state index contributed by atoms with van der Waals surface area (Å²) in [6.07, 6.45) is -4.49. The number of ether oxygens (including phenoxy) is 1. The number of hydrogen-bond donors (Lipinski definition) is 1. The molecule has 5 rings (SSSR count). The largest absolute Gasteiger partial charge is 0.508 e. The van der Waals surface area contributed by atoms with E-state index in [0.29, 0.717) is 10.6 Å². The maximum Gasteiger partial charge on any atom is 0.406 e. The van der Waals surface area contributed by atoms with Crippen molar-refractivity contribution < 1.29 is 32.2 Å². The second kappa shape index (κ2) is 9.96. The zero-order chi connectivity index (χ0) is 27.0. The summed E-state index contributed by atoms with van der Waals surface area (Å²) in [6.45, 7) is -1.36. The van der Waals surface area contributed by atoms with Gasteiger partial charge in [-0.3, -0.25) is 9.80 Å². The predicted molar refractivity (Wildman–Crippen MR) is 131 cm³/mol. The summed E-state index contributed by atoms with van der Waals surface area (Å²) in [5.41, 5.74) is 2.39. The topological polar surface area (TPSA) is 77.7 Å². The number of phenols is 1. The SMILES string of the molecule is COc1cc(C2CN(C3CCc4c(F)cccc4N(CC(F)(F)F)C3=O)N=N2)ccc1-c1ccc(O)cc1. The zero-order valence-electron chi connectivity index (χ0n) is 20.3. The van der Waals surface area contributed by atoms with E-state index in [4.69, 9.17) is 4.74 Å². The second-order valence-electron chi connectivity index (χ2n) is 9.18. The molecule has 0 aliphatic carbocycles. The number of amides is 1. The molecule has 11 heteroatoms. The molecule has 2 aliphatic rings. The van der Waals surface area contributed by atoms with Crippen molar-refractivity contribution in [1.82, 2.24) is 5.01 Å². The van der Waals surface area contributed by atoms with Gasteiger partial charge in [0.2, 0.25) is 0 Å². The molecule has 0 bridgehead atoms. The van der Waals surface area contributed by atoms with E-state index in [1.807, 2.05) is 12.1 Å². The van der Waals surface area contributed by atoms with E-state index in [0.717, 1.165) is 16.7 Å². The van der Waals surface area contributed by atoms with Crippen LogP contribution in [0.3, 0.4) is 0 Å². The van der Waals surface area contributed by atoms with Gasteiger partial charge in [-0.1, -0.05) is 35.6 Å². The second-order valence-corrected chi connectivity index (χ2v) is 9.18. The number of alkyl halides is 3. The summed E-state index contributed by atoms with van der Waals surface area (Å²) in [4.78, 5) is 14.0. The number of aromatic hydroxyl groups is 1. The van der Waals surface area contributed by atoms with Crippen LogP contribution in [0.5, 0.6) is 11.5 Å². The Hall–Kier alpha value is -4.15. The van der Waals surface area contributed by atoms with E-state index in [1.54, 1.807) is 30.3 Å². The third kappa shape index (κ3) is 5.00. The van der Waals surface area contributed by atoms with Gasteiger partial charge in [-0.25, -0.2) is 4.39 Å². The molecule has 3 aromatic rings. The van der Waals surface area contributed by atoms with Crippen LogP contribution < -0.4 is 9.64 Å². The van der Waals surface area contributed by atoms with Crippen LogP contribution >= 0.6 is 0 Å². The highest BCUT2D eigenvalue weighted by atomic mass is 19.4. The molecule has 198 valence electrons. The Morgan fingerprint density at radius 3 is 2.58 bits per heavy atom. The fourth-order valence-electron chi connectivity index (χ4n) is 4.90. The third-order valence-corrected chi connectivity index (χ3v) is 6.76. The van der Waals surface area contributed by atoms with Crippen LogP contribution in [0.15, 0.2) is 71.0 Å². The lowest BCUT2D eigenvalue weighted by Gasteiger charge is -2.29. The Morgan fingerprint density at radius 2 is 1.87 bits per heavy atom. The molecular weight excluding hydrogens is 504 g/mol. The molecule has 1 amide bonds. The number of nitrogens with zero attached hydrogens (tertiary/aromatic N) is 4. The highest BCUT2D eigenvalue weighted by Crippen LogP contribution is 2.38. The lowest BCUT2D eigenvalue weighted by molar-refractivity contribution is -0.135. The number of rotatable bonds is 5. The van der Waals surface area contributed by atoms with Gasteiger partial charge < -0.3 is 14.7 Å². The Morgan fingerprint density at radius 1 is 1.11 bits per heavy atom. The number of benzene rings is 3. The van der Waals surface area contributed by atoms with Gasteiger partial charge in [0.1, 0.15) is 35.9 Å². The van der Waals surface area contributed by atoms with Crippen molar-refractivity contribution in [2.24, 2.45) is 10.3 Å². The summed E-state index contributed by atoms with van der Waals surface area (Å²) in [7, 11) is 1.53. The minimum atomic E-state index is -4.67. The van der Waals surface area contributed by atoms with Crippen LogP contribution in [0.1, 0.15) is 23.6 Å². The molecule has 0 radical (unpaired) electrons. The van der Waals surface area contributed by atoms with Gasteiger partial charge >= 0.3 is 6.18 Å². The number of hydrogen-bond acceptors (Lipinski definition) is 6. The predicted octanol–water partition coefficient (Wildman–Crippen LogP) is 5.84. The van der Waals surface area contributed by atoms with E-state index in [9.17, 15) is 27.5 Å². The number of phenolic OH excluding ortho intramolecular Hbond substituents is 1. The van der Waals surface area contributed by atoms with Gasteiger partial charge in [0.05, 0.1) is 19.3 Å². The summed E-state index contributed by atoms with van der Waals surface area (Å²) >= 11 is 0. The number of carbonyl (C=O) groups excluding carboxylic acids is 1. The van der Waals surface area contributed by atoms with Crippen LogP contribution in [0.2, 0.25) is 0 Å². The van der Waals surface area contributed by atoms with Crippen molar-refractivity contribution in [3.63, 3.8) is 0 Å². The standard InChI is InChI=1S/C27H24F4N4O3/c1-38-25-13-17(7-10-19(25)16-5-8-18(36)9-6-16)22-14-35(33-32-22)24-12-11-20-21(28)3-2-4-23(20)34(26(24)37)15-27(29,30)31/h2-10,13,22,24,36H,11-12,14-15H2,1H3. The molecule has 0 aromatic heterocycles. The molecule has 0 spiro atoms. The van der Waals surface area contributed by atoms with Crippen molar-refractivity contribution in [2.75, 3.05) is 25.1 Å². The first-order valence-corrected chi connectivity index (χ1v) is 11.9. The fourth-order valence-corrected chi connectivity index (χ4v) is 4.90. The highest BCUT2D eigenvalue weighted by Gasteiger charge is 2.42. The first-order chi connectivity index (χ1) is 18.1. The van der Waals surface area contributed by atoms with Crippen molar-refractivity contribution in [2.45, 2.75) is 31.1 Å². The third-order valence-electron chi connectivity index (χ3n) is 6.76. The minimum absolute atomic E-state index is 0.0722. The number of halogens is 4. The molecule has 1 N–H and O–H groups in total. The number of carbonyl (C=O) groups is 1. The van der Waals surface area contributed by atoms with Crippen molar-refractivity contribution >= 4 is 11.6 Å². The van der Waals surface area contributed by atoms with Gasteiger partial charge in [0.25, 0.3) is 5.91 Å². The maximum absolute atomic E-state index is 14.5. The molecule has 7 nitrogen and oxygen atoms in total. The summed E-state index contributed by atoms with van der Waals surface area (Å²) in [6, 6.07) is 14.4. The average molecular weight is 529 g/mol.